The minimum atomic E-state index is -1.12. The quantitative estimate of drug-likeness (QED) is 0.520. The number of fused-ring (bicyclic) bond motifs is 1. The number of nitrogens with one attached hydrogen (secondary N) is 2. The van der Waals surface area contributed by atoms with E-state index in [4.69, 9.17) is 4.74 Å². The maximum Gasteiger partial charge on any atom is 0.246 e. The van der Waals surface area contributed by atoms with Gasteiger partial charge in [-0.1, -0.05) is 67.6 Å². The largest absolute Gasteiger partial charge is 0.395 e. The average molecular weight is 492 g/mol. The van der Waals surface area contributed by atoms with E-state index in [1.807, 2.05) is 74.5 Å². The number of aliphatic hydroxyl groups is 1. The molecule has 5 rings (SSSR count). The summed E-state index contributed by atoms with van der Waals surface area (Å²) < 4.78 is 6.64. The lowest BCUT2D eigenvalue weighted by Gasteiger charge is -2.36. The zero-order valence-electron chi connectivity index (χ0n) is 20.6. The van der Waals surface area contributed by atoms with Crippen molar-refractivity contribution in [3.63, 3.8) is 0 Å². The number of carbonyl (C=O) groups excluding carboxylic acids is 3. The van der Waals surface area contributed by atoms with Crippen LogP contribution in [0.4, 0.5) is 0 Å². The Bertz CT molecular complexity index is 1140. The van der Waals surface area contributed by atoms with E-state index in [0.29, 0.717) is 19.5 Å². The van der Waals surface area contributed by atoms with Crippen LogP contribution >= 0.6 is 0 Å². The van der Waals surface area contributed by atoms with Gasteiger partial charge in [-0.25, -0.2) is 0 Å². The van der Waals surface area contributed by atoms with Crippen LogP contribution in [0.5, 0.6) is 0 Å². The van der Waals surface area contributed by atoms with E-state index in [-0.39, 0.29) is 36.8 Å². The first-order chi connectivity index (χ1) is 17.3. The molecule has 3 aliphatic rings. The molecule has 3 aliphatic heterocycles. The lowest BCUT2D eigenvalue weighted by Crippen LogP contribution is -2.56. The molecular weight excluding hydrogens is 458 g/mol. The van der Waals surface area contributed by atoms with E-state index in [1.165, 1.54) is 4.90 Å². The van der Waals surface area contributed by atoms with Gasteiger partial charge in [0.05, 0.1) is 24.0 Å². The van der Waals surface area contributed by atoms with Gasteiger partial charge in [-0.3, -0.25) is 14.4 Å². The number of carbonyl (C=O) groups is 3. The molecule has 0 aliphatic carbocycles. The van der Waals surface area contributed by atoms with Crippen LogP contribution in [0.25, 0.3) is 0 Å². The number of likely N-dealkylation sites (tertiary alicyclic amines) is 1. The van der Waals surface area contributed by atoms with Crippen molar-refractivity contribution >= 4 is 17.7 Å². The molecule has 8 heteroatoms. The first-order valence-electron chi connectivity index (χ1n) is 12.6. The number of benzene rings is 2. The Morgan fingerprint density at radius 1 is 1.00 bits per heavy atom. The lowest BCUT2D eigenvalue weighted by molar-refractivity contribution is -0.148. The molecule has 3 heterocycles. The number of amides is 3. The van der Waals surface area contributed by atoms with Crippen molar-refractivity contribution in [3.8, 4) is 0 Å². The van der Waals surface area contributed by atoms with Gasteiger partial charge in [0.25, 0.3) is 0 Å². The molecular formula is C28H33N3O5. The second kappa shape index (κ2) is 9.33. The van der Waals surface area contributed by atoms with Gasteiger partial charge in [-0.15, -0.1) is 0 Å². The van der Waals surface area contributed by atoms with Crippen LogP contribution in [0, 0.1) is 17.8 Å². The summed E-state index contributed by atoms with van der Waals surface area (Å²) in [6, 6.07) is 18.2. The van der Waals surface area contributed by atoms with E-state index in [2.05, 4.69) is 10.6 Å². The van der Waals surface area contributed by atoms with Gasteiger partial charge in [-0.05, 0) is 30.4 Å². The standard InChI is InChI=1S/C28H33N3O5/c1-18-15-28-22(21(27(18,2)36-28)24(33)29-16-19-9-5-3-6-10-19)26(35)31(13-14-32)23(28)25(34)30-17-20-11-7-4-8-12-20/h3-12,18,21-23,32H,13-17H2,1-2H3,(H,29,33)(H,30,34)/t18?,21-,22+,23?,27+,28?/m1/s1. The highest BCUT2D eigenvalue weighted by atomic mass is 16.5. The summed E-state index contributed by atoms with van der Waals surface area (Å²) in [6.07, 6.45) is 0.494. The van der Waals surface area contributed by atoms with Gasteiger partial charge >= 0.3 is 0 Å². The van der Waals surface area contributed by atoms with Crippen molar-refractivity contribution in [2.24, 2.45) is 17.8 Å². The summed E-state index contributed by atoms with van der Waals surface area (Å²) in [6.45, 7) is 4.28. The van der Waals surface area contributed by atoms with Gasteiger partial charge in [0, 0.05) is 19.6 Å². The molecule has 3 N–H and O–H groups in total. The van der Waals surface area contributed by atoms with Crippen LogP contribution in [-0.4, -0.2) is 58.1 Å². The molecule has 2 bridgehead atoms. The second-order valence-corrected chi connectivity index (χ2v) is 10.4. The van der Waals surface area contributed by atoms with Gasteiger partial charge in [-0.2, -0.15) is 0 Å². The zero-order valence-corrected chi connectivity index (χ0v) is 20.6. The van der Waals surface area contributed by atoms with Crippen molar-refractivity contribution in [1.82, 2.24) is 15.5 Å². The van der Waals surface area contributed by atoms with Crippen LogP contribution in [0.1, 0.15) is 31.4 Å². The highest BCUT2D eigenvalue weighted by Gasteiger charge is 2.79. The number of β-amino-alcohol motifs (C(OH)–C–C–N with tert-alkyl or cyclic N) is 1. The summed E-state index contributed by atoms with van der Waals surface area (Å²) in [5, 5.41) is 15.7. The normalized spacial score (nSPS) is 32.4. The number of rotatable bonds is 8. The Kier molecular flexibility index (Phi) is 6.34. The molecule has 0 radical (unpaired) electrons. The summed E-state index contributed by atoms with van der Waals surface area (Å²) in [4.78, 5) is 42.4. The molecule has 0 saturated carbocycles. The van der Waals surface area contributed by atoms with Crippen molar-refractivity contribution in [2.45, 2.75) is 50.6 Å². The Labute approximate surface area is 211 Å². The third-order valence-electron chi connectivity index (χ3n) is 8.31. The topological polar surface area (TPSA) is 108 Å². The van der Waals surface area contributed by atoms with Gasteiger partial charge in [0.2, 0.25) is 17.7 Å². The van der Waals surface area contributed by atoms with E-state index in [9.17, 15) is 19.5 Å². The van der Waals surface area contributed by atoms with E-state index >= 15 is 0 Å². The smallest absolute Gasteiger partial charge is 0.246 e. The molecule has 3 amide bonds. The lowest BCUT2D eigenvalue weighted by atomic mass is 9.62. The number of hydrogen-bond donors (Lipinski definition) is 3. The molecule has 3 unspecified atom stereocenters. The van der Waals surface area contributed by atoms with Crippen LogP contribution < -0.4 is 10.6 Å². The second-order valence-electron chi connectivity index (χ2n) is 10.4. The molecule has 0 aromatic heterocycles. The fourth-order valence-corrected chi connectivity index (χ4v) is 6.56. The molecule has 2 aromatic carbocycles. The fourth-order valence-electron chi connectivity index (χ4n) is 6.56. The molecule has 8 nitrogen and oxygen atoms in total. The predicted octanol–water partition coefficient (Wildman–Crippen LogP) is 1.62. The third-order valence-corrected chi connectivity index (χ3v) is 8.31. The number of aliphatic hydroxyl groups excluding tert-OH is 1. The summed E-state index contributed by atoms with van der Waals surface area (Å²) in [5.41, 5.74) is -0.0888. The van der Waals surface area contributed by atoms with Crippen molar-refractivity contribution in [2.75, 3.05) is 13.2 Å². The summed E-state index contributed by atoms with van der Waals surface area (Å²) in [7, 11) is 0. The van der Waals surface area contributed by atoms with Gasteiger partial charge < -0.3 is 25.4 Å². The fraction of sp³-hybridized carbons (Fsp3) is 0.464. The Morgan fingerprint density at radius 2 is 1.56 bits per heavy atom. The third kappa shape index (κ3) is 3.79. The number of ether oxygens (including phenoxy) is 1. The van der Waals surface area contributed by atoms with Crippen molar-refractivity contribution in [1.29, 1.82) is 0 Å². The molecule has 3 saturated heterocycles. The minimum Gasteiger partial charge on any atom is -0.395 e. The van der Waals surface area contributed by atoms with Crippen molar-refractivity contribution in [3.05, 3.63) is 71.8 Å². The average Bonchev–Trinajstić information content (AvgIpc) is 3.39. The predicted molar refractivity (Wildman–Crippen MR) is 132 cm³/mol. The van der Waals surface area contributed by atoms with Crippen LogP contribution in [-0.2, 0) is 32.2 Å². The molecule has 3 fully saturated rings. The first kappa shape index (κ1) is 24.5. The van der Waals surface area contributed by atoms with Crippen LogP contribution in [0.15, 0.2) is 60.7 Å². The minimum absolute atomic E-state index is 0.00726. The maximum atomic E-state index is 13.8. The molecule has 36 heavy (non-hydrogen) atoms. The van der Waals surface area contributed by atoms with E-state index < -0.39 is 29.1 Å². The molecule has 190 valence electrons. The summed E-state index contributed by atoms with van der Waals surface area (Å²) >= 11 is 0. The zero-order chi connectivity index (χ0) is 25.5. The molecule has 1 spiro atoms. The van der Waals surface area contributed by atoms with Gasteiger partial charge in [0.15, 0.2) is 0 Å². The Hall–Kier alpha value is -3.23. The monoisotopic (exact) mass is 491 g/mol. The highest BCUT2D eigenvalue weighted by molar-refractivity contribution is 5.99. The SMILES string of the molecule is CC1CC23O[C@]1(C)[C@@H](C(=O)NCc1ccccc1)[C@H]2C(=O)N(CCO)C3C(=O)NCc1ccccc1. The van der Waals surface area contributed by atoms with Crippen LogP contribution in [0.2, 0.25) is 0 Å². The number of hydrogen-bond acceptors (Lipinski definition) is 5. The summed E-state index contributed by atoms with van der Waals surface area (Å²) in [5.74, 6) is -2.43. The van der Waals surface area contributed by atoms with Gasteiger partial charge in [0.1, 0.15) is 11.6 Å². The van der Waals surface area contributed by atoms with Crippen molar-refractivity contribution < 1.29 is 24.2 Å². The van der Waals surface area contributed by atoms with E-state index in [0.717, 1.165) is 11.1 Å². The molecule has 6 atom stereocenters. The highest BCUT2D eigenvalue weighted by Crippen LogP contribution is 2.65. The Balaban J connectivity index is 1.43. The first-order valence-corrected chi connectivity index (χ1v) is 12.6. The Morgan fingerprint density at radius 3 is 2.11 bits per heavy atom. The maximum absolute atomic E-state index is 13.8. The number of nitrogens with zero attached hydrogens (tertiary/aromatic N) is 1. The molecule has 2 aromatic rings. The van der Waals surface area contributed by atoms with Crippen LogP contribution in [0.3, 0.4) is 0 Å². The van der Waals surface area contributed by atoms with E-state index in [1.54, 1.807) is 0 Å².